The lowest BCUT2D eigenvalue weighted by atomic mass is 10.1. The summed E-state index contributed by atoms with van der Waals surface area (Å²) in [6.45, 7) is 0. The molecule has 3 aromatic carbocycles. The molecule has 0 aliphatic heterocycles. The summed E-state index contributed by atoms with van der Waals surface area (Å²) in [5.41, 5.74) is 0.581. The third-order valence-electron chi connectivity index (χ3n) is 3.95. The Balaban J connectivity index is 1.94. The van der Waals surface area contributed by atoms with Crippen molar-refractivity contribution in [1.29, 1.82) is 5.26 Å². The molecule has 0 atom stereocenters. The van der Waals surface area contributed by atoms with E-state index in [9.17, 15) is 18.5 Å². The monoisotopic (exact) mass is 608 g/mol. The predicted molar refractivity (Wildman–Crippen MR) is 130 cm³/mol. The van der Waals surface area contributed by atoms with Crippen LogP contribution >= 0.6 is 38.5 Å². The highest BCUT2D eigenvalue weighted by Gasteiger charge is 2.19. The molecule has 31 heavy (non-hydrogen) atoms. The first-order valence-electron chi connectivity index (χ1n) is 8.76. The minimum atomic E-state index is -4.09. The van der Waals surface area contributed by atoms with E-state index in [0.29, 0.717) is 10.2 Å². The molecule has 0 heterocycles. The Morgan fingerprint density at radius 2 is 1.81 bits per heavy atom. The van der Waals surface area contributed by atoms with Crippen molar-refractivity contribution in [3.8, 4) is 11.8 Å². The highest BCUT2D eigenvalue weighted by molar-refractivity contribution is 14.1. The molecule has 3 aromatic rings. The molecule has 1 N–H and O–H groups in total. The van der Waals surface area contributed by atoms with Crippen molar-refractivity contribution in [1.82, 2.24) is 0 Å². The van der Waals surface area contributed by atoms with Gasteiger partial charge in [-0.1, -0.05) is 40.2 Å². The van der Waals surface area contributed by atoms with Crippen molar-refractivity contribution in [2.75, 3.05) is 5.32 Å². The van der Waals surface area contributed by atoms with Crippen LogP contribution in [0.1, 0.15) is 5.56 Å². The van der Waals surface area contributed by atoms with E-state index in [-0.39, 0.29) is 21.8 Å². The normalized spacial score (nSPS) is 11.5. The number of anilines is 1. The third kappa shape index (κ3) is 6.16. The first-order valence-corrected chi connectivity index (χ1v) is 12.0. The molecule has 3 rings (SSSR count). The Bertz CT molecular complexity index is 1300. The molecule has 9 heteroatoms. The second kappa shape index (κ2) is 10.1. The van der Waals surface area contributed by atoms with E-state index in [2.05, 4.69) is 43.8 Å². The molecule has 0 bridgehead atoms. The van der Waals surface area contributed by atoms with Gasteiger partial charge in [0.05, 0.1) is 0 Å². The molecule has 6 nitrogen and oxygen atoms in total. The van der Waals surface area contributed by atoms with E-state index in [0.717, 1.165) is 3.57 Å². The Morgan fingerprint density at radius 3 is 2.48 bits per heavy atom. The van der Waals surface area contributed by atoms with E-state index < -0.39 is 16.0 Å². The molecular formula is C22H14BrIN2O4S. The maximum absolute atomic E-state index is 12.6. The topological polar surface area (TPSA) is 96.3 Å². The van der Waals surface area contributed by atoms with Gasteiger partial charge in [-0.25, -0.2) is 0 Å². The second-order valence-corrected chi connectivity index (χ2v) is 9.87. The molecule has 0 saturated carbocycles. The van der Waals surface area contributed by atoms with Crippen molar-refractivity contribution in [2.24, 2.45) is 0 Å². The first kappa shape index (κ1) is 23.0. The van der Waals surface area contributed by atoms with Crippen LogP contribution in [0.15, 0.2) is 87.7 Å². The first-order chi connectivity index (χ1) is 14.8. The Hall–Kier alpha value is -2.68. The van der Waals surface area contributed by atoms with Crippen LogP contribution in [0.3, 0.4) is 0 Å². The number of carbonyl (C=O) groups is 1. The van der Waals surface area contributed by atoms with Crippen molar-refractivity contribution < 1.29 is 17.4 Å². The molecule has 0 aromatic heterocycles. The van der Waals surface area contributed by atoms with Gasteiger partial charge in [-0.3, -0.25) is 4.79 Å². The zero-order chi connectivity index (χ0) is 22.4. The van der Waals surface area contributed by atoms with Crippen LogP contribution in [-0.2, 0) is 14.9 Å². The van der Waals surface area contributed by atoms with Gasteiger partial charge in [0, 0.05) is 19.3 Å². The van der Waals surface area contributed by atoms with E-state index in [1.807, 2.05) is 12.1 Å². The molecule has 156 valence electrons. The Labute approximate surface area is 201 Å². The number of halogens is 2. The number of nitrogens with zero attached hydrogens (tertiary/aromatic N) is 1. The summed E-state index contributed by atoms with van der Waals surface area (Å²) in [6.07, 6.45) is 1.28. The van der Waals surface area contributed by atoms with Gasteiger partial charge in [-0.15, -0.1) is 0 Å². The van der Waals surface area contributed by atoms with Crippen molar-refractivity contribution >= 4 is 66.3 Å². The standard InChI is InChI=1S/C22H14BrIN2O4S/c23-17-9-10-21(30-31(28,29)20-7-2-1-3-8-20)15(12-17)11-16(14-25)22(27)26-19-6-4-5-18(24)13-19/h1-13H,(H,26,27)/b16-11+. The van der Waals surface area contributed by atoms with Gasteiger partial charge in [-0.05, 0) is 77.2 Å². The van der Waals surface area contributed by atoms with E-state index in [1.165, 1.54) is 24.3 Å². The molecule has 0 spiro atoms. The number of nitriles is 1. The minimum Gasteiger partial charge on any atom is -0.378 e. The molecule has 0 saturated heterocycles. The fourth-order valence-corrected chi connectivity index (χ4v) is 4.43. The van der Waals surface area contributed by atoms with Gasteiger partial charge >= 0.3 is 10.1 Å². The maximum Gasteiger partial charge on any atom is 0.339 e. The van der Waals surface area contributed by atoms with Gasteiger partial charge < -0.3 is 9.50 Å². The number of nitrogens with one attached hydrogen (secondary N) is 1. The van der Waals surface area contributed by atoms with Crippen LogP contribution < -0.4 is 9.50 Å². The van der Waals surface area contributed by atoms with Crippen LogP contribution in [0.5, 0.6) is 5.75 Å². The fourth-order valence-electron chi connectivity index (χ4n) is 2.53. The summed E-state index contributed by atoms with van der Waals surface area (Å²) in [5.74, 6) is -0.636. The molecule has 0 unspecified atom stereocenters. The Kier molecular flexibility index (Phi) is 7.48. The molecule has 0 radical (unpaired) electrons. The van der Waals surface area contributed by atoms with E-state index >= 15 is 0 Å². The number of carbonyl (C=O) groups excluding carboxylic acids is 1. The predicted octanol–water partition coefficient (Wildman–Crippen LogP) is 5.37. The summed E-state index contributed by atoms with van der Waals surface area (Å²) in [7, 11) is -4.09. The summed E-state index contributed by atoms with van der Waals surface area (Å²) >= 11 is 5.43. The fraction of sp³-hybridized carbons (Fsp3) is 0. The smallest absolute Gasteiger partial charge is 0.339 e. The third-order valence-corrected chi connectivity index (χ3v) is 6.36. The lowest BCUT2D eigenvalue weighted by Gasteiger charge is -2.11. The summed E-state index contributed by atoms with van der Waals surface area (Å²) in [4.78, 5) is 12.6. The van der Waals surface area contributed by atoms with E-state index in [1.54, 1.807) is 48.5 Å². The lowest BCUT2D eigenvalue weighted by molar-refractivity contribution is -0.112. The number of rotatable bonds is 6. The minimum absolute atomic E-state index is 0.00946. The zero-order valence-electron chi connectivity index (χ0n) is 15.7. The van der Waals surface area contributed by atoms with Crippen LogP contribution in [0.25, 0.3) is 6.08 Å². The SMILES string of the molecule is N#C/C(=C\c1cc(Br)ccc1OS(=O)(=O)c1ccccc1)C(=O)Nc1cccc(I)c1. The number of benzene rings is 3. The summed E-state index contributed by atoms with van der Waals surface area (Å²) in [5, 5.41) is 12.2. The van der Waals surface area contributed by atoms with Gasteiger partial charge in [0.25, 0.3) is 5.91 Å². The average Bonchev–Trinajstić information content (AvgIpc) is 2.74. The number of hydrogen-bond acceptors (Lipinski definition) is 5. The van der Waals surface area contributed by atoms with Crippen LogP contribution in [-0.4, -0.2) is 14.3 Å². The van der Waals surface area contributed by atoms with Crippen molar-refractivity contribution in [2.45, 2.75) is 4.90 Å². The van der Waals surface area contributed by atoms with Gasteiger partial charge in [0.2, 0.25) is 0 Å². The molecule has 0 fully saturated rings. The number of amides is 1. The molecule has 1 amide bonds. The van der Waals surface area contributed by atoms with Gasteiger partial charge in [0.1, 0.15) is 22.3 Å². The van der Waals surface area contributed by atoms with Crippen LogP contribution in [0, 0.1) is 14.9 Å². The maximum atomic E-state index is 12.6. The quantitative estimate of drug-likeness (QED) is 0.176. The summed E-state index contributed by atoms with van der Waals surface area (Å²) < 4.78 is 32.0. The van der Waals surface area contributed by atoms with Crippen molar-refractivity contribution in [3.05, 3.63) is 92.0 Å². The van der Waals surface area contributed by atoms with Gasteiger partial charge in [-0.2, -0.15) is 13.7 Å². The van der Waals surface area contributed by atoms with Crippen LogP contribution in [0.2, 0.25) is 0 Å². The van der Waals surface area contributed by atoms with E-state index in [4.69, 9.17) is 4.18 Å². The highest BCUT2D eigenvalue weighted by Crippen LogP contribution is 2.28. The second-order valence-electron chi connectivity index (χ2n) is 6.17. The van der Waals surface area contributed by atoms with Gasteiger partial charge in [0.15, 0.2) is 0 Å². The number of hydrogen-bond donors (Lipinski definition) is 1. The molecule has 0 aliphatic carbocycles. The largest absolute Gasteiger partial charge is 0.378 e. The molecular weight excluding hydrogens is 595 g/mol. The highest BCUT2D eigenvalue weighted by atomic mass is 127. The van der Waals surface area contributed by atoms with Crippen molar-refractivity contribution in [3.63, 3.8) is 0 Å². The summed E-state index contributed by atoms with van der Waals surface area (Å²) in [6, 6.07) is 21.3. The van der Waals surface area contributed by atoms with Crippen LogP contribution in [0.4, 0.5) is 5.69 Å². The zero-order valence-corrected chi connectivity index (χ0v) is 20.3. The average molecular weight is 609 g/mol. The lowest BCUT2D eigenvalue weighted by Crippen LogP contribution is -2.14. The Morgan fingerprint density at radius 1 is 1.06 bits per heavy atom. The molecule has 0 aliphatic rings.